The molecular weight excluding hydrogens is 279 g/mol. The predicted octanol–water partition coefficient (Wildman–Crippen LogP) is -2.78. The van der Waals surface area contributed by atoms with Gasteiger partial charge in [-0.25, -0.2) is 13.4 Å². The quantitative estimate of drug-likeness (QED) is 0.583. The van der Waals surface area contributed by atoms with Gasteiger partial charge in [0.25, 0.3) is 0 Å². The number of pyridine rings is 1. The van der Waals surface area contributed by atoms with Crippen molar-refractivity contribution in [2.45, 2.75) is 4.90 Å². The summed E-state index contributed by atoms with van der Waals surface area (Å²) >= 11 is 0. The highest BCUT2D eigenvalue weighted by Gasteiger charge is 2.30. The Morgan fingerprint density at radius 2 is 2.00 bits per heavy atom. The van der Waals surface area contributed by atoms with E-state index in [4.69, 9.17) is 10.8 Å². The average molecular weight is 298 g/mol. The zero-order valence-electron chi connectivity index (χ0n) is 11.5. The molecule has 20 heavy (non-hydrogen) atoms. The summed E-state index contributed by atoms with van der Waals surface area (Å²) in [4.78, 5) is 6.02. The van der Waals surface area contributed by atoms with Crippen molar-refractivity contribution < 1.29 is 13.5 Å². The molecule has 9 heteroatoms. The Balaban J connectivity index is 2.18. The number of hydrogen-bond acceptors (Lipinski definition) is 6. The molecule has 1 saturated heterocycles. The lowest BCUT2D eigenvalue weighted by molar-refractivity contribution is 0.151. The van der Waals surface area contributed by atoms with Crippen LogP contribution in [0.3, 0.4) is 0 Å². The van der Waals surface area contributed by atoms with Gasteiger partial charge in [-0.1, -0.05) is 5.46 Å². The largest absolute Gasteiger partial charge is 0.395 e. The number of hydrogen-bond donors (Lipinski definition) is 2. The maximum atomic E-state index is 12.6. The van der Waals surface area contributed by atoms with Crippen LogP contribution in [0.15, 0.2) is 17.2 Å². The summed E-state index contributed by atoms with van der Waals surface area (Å²) in [5.74, 6) is 0.0355. The number of aliphatic hydroxyl groups is 1. The van der Waals surface area contributed by atoms with Crippen LogP contribution in [0.2, 0.25) is 0 Å². The molecule has 1 aromatic heterocycles. The Kier molecular flexibility index (Phi) is 4.64. The van der Waals surface area contributed by atoms with Crippen molar-refractivity contribution in [3.63, 3.8) is 0 Å². The lowest BCUT2D eigenvalue weighted by Crippen LogP contribution is -2.49. The minimum Gasteiger partial charge on any atom is -0.395 e. The van der Waals surface area contributed by atoms with E-state index in [9.17, 15) is 8.42 Å². The van der Waals surface area contributed by atoms with Crippen LogP contribution in [-0.2, 0) is 10.0 Å². The zero-order chi connectivity index (χ0) is 14.8. The summed E-state index contributed by atoms with van der Waals surface area (Å²) in [6.07, 6.45) is 1.55. The molecule has 0 bridgehead atoms. The van der Waals surface area contributed by atoms with Gasteiger partial charge in [-0.2, -0.15) is 4.31 Å². The first-order valence-corrected chi connectivity index (χ1v) is 7.94. The Morgan fingerprint density at radius 3 is 2.60 bits per heavy atom. The monoisotopic (exact) mass is 298 g/mol. The smallest absolute Gasteiger partial charge is 0.246 e. The first kappa shape index (κ1) is 15.2. The van der Waals surface area contributed by atoms with Crippen molar-refractivity contribution in [1.29, 1.82) is 0 Å². The molecule has 1 aliphatic heterocycles. The topological polar surface area (TPSA) is 99.8 Å². The maximum absolute atomic E-state index is 12.6. The summed E-state index contributed by atoms with van der Waals surface area (Å²) in [6.45, 7) is 2.67. The molecule has 0 unspecified atom stereocenters. The van der Waals surface area contributed by atoms with Crippen molar-refractivity contribution in [3.8, 4) is 0 Å². The highest BCUT2D eigenvalue weighted by molar-refractivity contribution is 7.89. The third-order valence-corrected chi connectivity index (χ3v) is 5.31. The number of anilines is 1. The summed E-state index contributed by atoms with van der Waals surface area (Å²) < 4.78 is 26.5. The zero-order valence-corrected chi connectivity index (χ0v) is 12.3. The second kappa shape index (κ2) is 6.09. The highest BCUT2D eigenvalue weighted by Crippen LogP contribution is 2.20. The summed E-state index contributed by atoms with van der Waals surface area (Å²) in [7, 11) is -1.81. The Bertz CT molecular complexity index is 573. The van der Waals surface area contributed by atoms with Crippen LogP contribution in [0.5, 0.6) is 0 Å². The van der Waals surface area contributed by atoms with E-state index in [1.165, 1.54) is 4.31 Å². The number of nitrogens with two attached hydrogens (primary N) is 1. The lowest BCUT2D eigenvalue weighted by atomic mass is 9.99. The second-order valence-electron chi connectivity index (χ2n) is 4.87. The van der Waals surface area contributed by atoms with Crippen LogP contribution in [-0.4, -0.2) is 74.9 Å². The Morgan fingerprint density at radius 1 is 1.35 bits per heavy atom. The fourth-order valence-corrected chi connectivity index (χ4v) is 3.81. The van der Waals surface area contributed by atoms with Crippen LogP contribution in [0.1, 0.15) is 0 Å². The number of β-amino-alcohol motifs (C(OH)–C–C–N with tert-alkyl or cyclic N) is 1. The molecule has 0 radical (unpaired) electrons. The first-order chi connectivity index (χ1) is 9.45. The average Bonchev–Trinajstić information content (AvgIpc) is 2.42. The fraction of sp³-hybridized carbons (Fsp3) is 0.545. The molecule has 0 spiro atoms. The van der Waals surface area contributed by atoms with Gasteiger partial charge in [0, 0.05) is 38.9 Å². The van der Waals surface area contributed by atoms with Crippen molar-refractivity contribution >= 4 is 29.2 Å². The summed E-state index contributed by atoms with van der Waals surface area (Å²) in [5.41, 5.74) is 6.46. The number of aromatic nitrogens is 1. The number of nitrogens with zero attached hydrogens (tertiary/aromatic N) is 3. The lowest BCUT2D eigenvalue weighted by Gasteiger charge is -2.33. The van der Waals surface area contributed by atoms with Crippen LogP contribution in [0, 0.1) is 0 Å². The minimum absolute atomic E-state index is 0.0355. The van der Waals surface area contributed by atoms with E-state index in [0.717, 1.165) is 5.46 Å². The molecule has 110 valence electrons. The summed E-state index contributed by atoms with van der Waals surface area (Å²) in [6, 6.07) is 1.55. The van der Waals surface area contributed by atoms with Gasteiger partial charge in [0.05, 0.1) is 6.61 Å². The van der Waals surface area contributed by atoms with Crippen LogP contribution < -0.4 is 11.2 Å². The van der Waals surface area contributed by atoms with Crippen molar-refractivity contribution in [2.24, 2.45) is 0 Å². The predicted molar refractivity (Wildman–Crippen MR) is 79.1 cm³/mol. The number of sulfonamides is 1. The summed E-state index contributed by atoms with van der Waals surface area (Å²) in [5, 5.41) is 8.89. The minimum atomic E-state index is -3.60. The van der Waals surface area contributed by atoms with E-state index >= 15 is 0 Å². The third-order valence-electron chi connectivity index (χ3n) is 3.38. The Hall–Kier alpha value is -1.16. The van der Waals surface area contributed by atoms with Crippen molar-refractivity contribution in [1.82, 2.24) is 14.2 Å². The van der Waals surface area contributed by atoms with E-state index in [-0.39, 0.29) is 17.3 Å². The van der Waals surface area contributed by atoms with Gasteiger partial charge in [0.15, 0.2) is 0 Å². The second-order valence-corrected chi connectivity index (χ2v) is 6.77. The molecule has 3 N–H and O–H groups in total. The van der Waals surface area contributed by atoms with Gasteiger partial charge < -0.3 is 10.8 Å². The highest BCUT2D eigenvalue weighted by atomic mass is 32.2. The fourth-order valence-electron chi connectivity index (χ4n) is 2.23. The third kappa shape index (κ3) is 3.12. The SMILES string of the molecule is Bc1cnc(N)c(S(=O)(=O)N2CCN(CCO)CC2)c1. The van der Waals surface area contributed by atoms with Gasteiger partial charge in [0.1, 0.15) is 18.6 Å². The van der Waals surface area contributed by atoms with Crippen LogP contribution in [0.4, 0.5) is 5.82 Å². The Labute approximate surface area is 119 Å². The number of aliphatic hydroxyl groups excluding tert-OH is 1. The van der Waals surface area contributed by atoms with Crippen LogP contribution in [0.25, 0.3) is 0 Å². The van der Waals surface area contributed by atoms with Gasteiger partial charge in [0.2, 0.25) is 10.0 Å². The van der Waals surface area contributed by atoms with E-state index < -0.39 is 10.0 Å². The van der Waals surface area contributed by atoms with Crippen molar-refractivity contribution in [2.75, 3.05) is 45.1 Å². The molecule has 0 saturated carbocycles. The molecule has 1 aromatic rings. The first-order valence-electron chi connectivity index (χ1n) is 6.50. The van der Waals surface area contributed by atoms with Crippen molar-refractivity contribution in [3.05, 3.63) is 12.3 Å². The maximum Gasteiger partial charge on any atom is 0.246 e. The van der Waals surface area contributed by atoms with Gasteiger partial charge in [-0.15, -0.1) is 0 Å². The van der Waals surface area contributed by atoms with Gasteiger partial charge in [-0.05, 0) is 6.07 Å². The molecule has 1 aliphatic rings. The number of nitrogen functional groups attached to an aromatic ring is 1. The van der Waals surface area contributed by atoms with E-state index in [2.05, 4.69) is 4.98 Å². The van der Waals surface area contributed by atoms with Crippen LogP contribution >= 0.6 is 0 Å². The van der Waals surface area contributed by atoms with Gasteiger partial charge in [-0.3, -0.25) is 4.90 Å². The number of piperazine rings is 1. The standard InChI is InChI=1S/C11H19BN4O3S/c12-9-7-10(11(13)14-8-9)20(18,19)16-3-1-15(2-4-16)5-6-17/h7-8,17H,1-6,12H2,(H2,13,14). The van der Waals surface area contributed by atoms with E-state index in [1.54, 1.807) is 20.1 Å². The molecule has 0 aliphatic carbocycles. The molecule has 0 atom stereocenters. The number of rotatable bonds is 4. The molecule has 1 fully saturated rings. The van der Waals surface area contributed by atoms with E-state index in [1.807, 2.05) is 4.90 Å². The normalized spacial score (nSPS) is 18.2. The van der Waals surface area contributed by atoms with E-state index in [0.29, 0.717) is 32.7 Å². The molecule has 2 heterocycles. The van der Waals surface area contributed by atoms with Gasteiger partial charge >= 0.3 is 0 Å². The molecule has 0 aromatic carbocycles. The molecule has 7 nitrogen and oxygen atoms in total. The molecule has 2 rings (SSSR count). The molecular formula is C11H19BN4O3S. The molecule has 0 amide bonds.